The molecule has 1 amide bonds. The van der Waals surface area contributed by atoms with E-state index in [1.54, 1.807) is 13.3 Å². The zero-order valence-corrected chi connectivity index (χ0v) is 10.5. The number of methoxy groups -OCH3 is 1. The van der Waals surface area contributed by atoms with Crippen LogP contribution in [-0.2, 0) is 4.74 Å². The van der Waals surface area contributed by atoms with E-state index in [4.69, 9.17) is 4.74 Å². The molecule has 0 atom stereocenters. The number of nitrogens with one attached hydrogen (secondary N) is 2. The summed E-state index contributed by atoms with van der Waals surface area (Å²) in [5.74, 6) is -0.210. The molecule has 0 spiro atoms. The fourth-order valence-electron chi connectivity index (χ4n) is 2.08. The lowest BCUT2D eigenvalue weighted by Crippen LogP contribution is -2.51. The Morgan fingerprint density at radius 3 is 2.89 bits per heavy atom. The van der Waals surface area contributed by atoms with E-state index in [-0.39, 0.29) is 11.5 Å². The fraction of sp³-hybridized carbons (Fsp3) is 0.583. The normalized spacial score (nSPS) is 18.3. The molecule has 0 unspecified atom stereocenters. The lowest BCUT2D eigenvalue weighted by atomic mass is 9.92. The van der Waals surface area contributed by atoms with Crippen molar-refractivity contribution in [2.24, 2.45) is 0 Å². The van der Waals surface area contributed by atoms with Crippen LogP contribution in [0.25, 0.3) is 0 Å². The number of aromatic nitrogens is 2. The summed E-state index contributed by atoms with van der Waals surface area (Å²) in [6.07, 6.45) is 6.29. The number of amides is 1. The van der Waals surface area contributed by atoms with Gasteiger partial charge in [-0.1, -0.05) is 0 Å². The smallest absolute Gasteiger partial charge is 0.271 e. The molecule has 6 nitrogen and oxygen atoms in total. The molecular weight excluding hydrogens is 232 g/mol. The minimum Gasteiger partial charge on any atom is -0.376 e. The van der Waals surface area contributed by atoms with Gasteiger partial charge in [-0.2, -0.15) is 0 Å². The predicted molar refractivity (Wildman–Crippen MR) is 66.2 cm³/mol. The average Bonchev–Trinajstić information content (AvgIpc) is 2.47. The lowest BCUT2D eigenvalue weighted by molar-refractivity contribution is -0.0313. The van der Waals surface area contributed by atoms with Crippen LogP contribution in [0.1, 0.15) is 23.3 Å². The molecule has 1 aromatic heterocycles. The van der Waals surface area contributed by atoms with E-state index in [0.717, 1.165) is 25.9 Å². The first kappa shape index (κ1) is 12.9. The Bertz CT molecular complexity index is 390. The second-order valence-corrected chi connectivity index (χ2v) is 4.41. The van der Waals surface area contributed by atoms with Crippen molar-refractivity contribution < 1.29 is 9.53 Å². The predicted octanol–water partition coefficient (Wildman–Crippen LogP) is -0.0250. The van der Waals surface area contributed by atoms with Crippen LogP contribution >= 0.6 is 0 Å². The molecule has 0 radical (unpaired) electrons. The molecule has 2 rings (SSSR count). The van der Waals surface area contributed by atoms with E-state index in [1.807, 2.05) is 0 Å². The van der Waals surface area contributed by atoms with Gasteiger partial charge in [0.2, 0.25) is 0 Å². The van der Waals surface area contributed by atoms with Gasteiger partial charge < -0.3 is 15.4 Å². The molecule has 1 saturated heterocycles. The average molecular weight is 250 g/mol. The van der Waals surface area contributed by atoms with Crippen LogP contribution in [0, 0.1) is 0 Å². The summed E-state index contributed by atoms with van der Waals surface area (Å²) in [5.41, 5.74) is 0.0704. The number of carbonyl (C=O) groups is 1. The maximum atomic E-state index is 11.9. The number of carbonyl (C=O) groups excluding carboxylic acids is 1. The highest BCUT2D eigenvalue weighted by Gasteiger charge is 2.32. The highest BCUT2D eigenvalue weighted by Crippen LogP contribution is 2.21. The van der Waals surface area contributed by atoms with E-state index in [9.17, 15) is 4.79 Å². The number of hydrogen-bond donors (Lipinski definition) is 2. The van der Waals surface area contributed by atoms with Crippen molar-refractivity contribution >= 4 is 5.91 Å². The van der Waals surface area contributed by atoms with Crippen LogP contribution in [0.5, 0.6) is 0 Å². The molecule has 1 aromatic rings. The van der Waals surface area contributed by atoms with E-state index in [1.165, 1.54) is 12.4 Å². The van der Waals surface area contributed by atoms with Gasteiger partial charge in [0.25, 0.3) is 5.91 Å². The van der Waals surface area contributed by atoms with Crippen molar-refractivity contribution in [1.29, 1.82) is 0 Å². The highest BCUT2D eigenvalue weighted by atomic mass is 16.5. The Labute approximate surface area is 106 Å². The fourth-order valence-corrected chi connectivity index (χ4v) is 2.08. The van der Waals surface area contributed by atoms with Crippen LogP contribution in [0.2, 0.25) is 0 Å². The number of nitrogens with zero attached hydrogens (tertiary/aromatic N) is 2. The van der Waals surface area contributed by atoms with Gasteiger partial charge >= 0.3 is 0 Å². The van der Waals surface area contributed by atoms with Crippen LogP contribution in [-0.4, -0.2) is 48.2 Å². The highest BCUT2D eigenvalue weighted by molar-refractivity contribution is 5.91. The summed E-state index contributed by atoms with van der Waals surface area (Å²) in [5, 5.41) is 6.14. The Morgan fingerprint density at radius 2 is 2.28 bits per heavy atom. The van der Waals surface area contributed by atoms with E-state index in [0.29, 0.717) is 12.2 Å². The first-order valence-corrected chi connectivity index (χ1v) is 6.06. The van der Waals surface area contributed by atoms with Crippen molar-refractivity contribution in [3.05, 3.63) is 24.3 Å². The molecule has 18 heavy (non-hydrogen) atoms. The molecule has 1 aliphatic heterocycles. The summed E-state index contributed by atoms with van der Waals surface area (Å²) >= 11 is 0. The molecule has 0 aliphatic carbocycles. The lowest BCUT2D eigenvalue weighted by Gasteiger charge is -2.36. The quantitative estimate of drug-likeness (QED) is 0.785. The van der Waals surface area contributed by atoms with Crippen molar-refractivity contribution in [2.45, 2.75) is 18.4 Å². The number of ether oxygens (including phenoxy) is 1. The molecule has 2 heterocycles. The molecule has 0 saturated carbocycles. The SMILES string of the molecule is COC1(CNC(=O)c2cnccn2)CCNCC1. The maximum absolute atomic E-state index is 11.9. The van der Waals surface area contributed by atoms with Gasteiger partial charge in [-0.15, -0.1) is 0 Å². The third-order valence-electron chi connectivity index (χ3n) is 3.31. The Balaban J connectivity index is 1.92. The molecule has 2 N–H and O–H groups in total. The second kappa shape index (κ2) is 5.88. The summed E-state index contributed by atoms with van der Waals surface area (Å²) in [6.45, 7) is 2.32. The monoisotopic (exact) mass is 250 g/mol. The topological polar surface area (TPSA) is 76.1 Å². The van der Waals surface area contributed by atoms with Crippen molar-refractivity contribution in [3.8, 4) is 0 Å². The van der Waals surface area contributed by atoms with Gasteiger partial charge in [0, 0.05) is 26.0 Å². The number of rotatable bonds is 4. The third kappa shape index (κ3) is 3.02. The molecular formula is C12H18N4O2. The van der Waals surface area contributed by atoms with Crippen molar-refractivity contribution in [1.82, 2.24) is 20.6 Å². The summed E-state index contributed by atoms with van der Waals surface area (Å²) in [7, 11) is 1.69. The van der Waals surface area contributed by atoms with Gasteiger partial charge in [-0.05, 0) is 25.9 Å². The Morgan fingerprint density at radius 1 is 1.50 bits per heavy atom. The molecule has 0 aromatic carbocycles. The van der Waals surface area contributed by atoms with Crippen LogP contribution in [0.15, 0.2) is 18.6 Å². The largest absolute Gasteiger partial charge is 0.376 e. The molecule has 1 aliphatic rings. The minimum atomic E-state index is -0.261. The van der Waals surface area contributed by atoms with Crippen LogP contribution < -0.4 is 10.6 Å². The molecule has 1 fully saturated rings. The van der Waals surface area contributed by atoms with Gasteiger partial charge in [0.1, 0.15) is 5.69 Å². The van der Waals surface area contributed by atoms with Gasteiger partial charge in [-0.3, -0.25) is 9.78 Å². The Kier molecular flexibility index (Phi) is 4.22. The summed E-state index contributed by atoms with van der Waals surface area (Å²) < 4.78 is 5.57. The van der Waals surface area contributed by atoms with E-state index >= 15 is 0 Å². The standard InChI is InChI=1S/C12H18N4O2/c1-18-12(2-4-13-5-3-12)9-16-11(17)10-8-14-6-7-15-10/h6-8,13H,2-5,9H2,1H3,(H,16,17). The minimum absolute atomic E-state index is 0.210. The van der Waals surface area contributed by atoms with Gasteiger partial charge in [-0.25, -0.2) is 4.98 Å². The number of piperidine rings is 1. The van der Waals surface area contributed by atoms with Gasteiger partial charge in [0.15, 0.2) is 0 Å². The molecule has 98 valence electrons. The summed E-state index contributed by atoms with van der Waals surface area (Å²) in [6, 6.07) is 0. The second-order valence-electron chi connectivity index (χ2n) is 4.41. The van der Waals surface area contributed by atoms with Crippen LogP contribution in [0.4, 0.5) is 0 Å². The molecule has 0 bridgehead atoms. The van der Waals surface area contributed by atoms with E-state index in [2.05, 4.69) is 20.6 Å². The number of hydrogen-bond acceptors (Lipinski definition) is 5. The first-order valence-electron chi connectivity index (χ1n) is 6.06. The zero-order valence-electron chi connectivity index (χ0n) is 10.5. The first-order chi connectivity index (χ1) is 8.76. The molecule has 6 heteroatoms. The third-order valence-corrected chi connectivity index (χ3v) is 3.31. The van der Waals surface area contributed by atoms with Crippen LogP contribution in [0.3, 0.4) is 0 Å². The van der Waals surface area contributed by atoms with Gasteiger partial charge in [0.05, 0.1) is 11.8 Å². The van der Waals surface area contributed by atoms with Crippen molar-refractivity contribution in [3.63, 3.8) is 0 Å². The van der Waals surface area contributed by atoms with Crippen molar-refractivity contribution in [2.75, 3.05) is 26.7 Å². The maximum Gasteiger partial charge on any atom is 0.271 e. The Hall–Kier alpha value is -1.53. The zero-order chi connectivity index (χ0) is 12.8. The van der Waals surface area contributed by atoms with E-state index < -0.39 is 0 Å². The summed E-state index contributed by atoms with van der Waals surface area (Å²) in [4.78, 5) is 19.7.